The smallest absolute Gasteiger partial charge is 0.338 e. The molecule has 30 heteroatoms. The zero-order chi connectivity index (χ0) is 86.3. The van der Waals surface area contributed by atoms with Crippen molar-refractivity contribution in [2.24, 2.45) is 57.7 Å². The summed E-state index contributed by atoms with van der Waals surface area (Å²) in [5.74, 6) is -9.71. The van der Waals surface area contributed by atoms with Gasteiger partial charge in [-0.2, -0.15) is 0 Å². The van der Waals surface area contributed by atoms with Crippen molar-refractivity contribution in [2.45, 2.75) is 245 Å². The second kappa shape index (κ2) is 59.4. The van der Waals surface area contributed by atoms with E-state index in [-0.39, 0.29) is 131 Å². The summed E-state index contributed by atoms with van der Waals surface area (Å²) < 4.78 is 50.2. The highest BCUT2D eigenvalue weighted by atomic mass is 16.6. The van der Waals surface area contributed by atoms with Crippen molar-refractivity contribution >= 4 is 83.6 Å². The third kappa shape index (κ3) is 47.7. The Morgan fingerprint density at radius 1 is 0.336 bits per heavy atom. The minimum atomic E-state index is -0.947. The first-order valence-corrected chi connectivity index (χ1v) is 39.3. The first-order valence-electron chi connectivity index (χ1n) is 39.3. The molecule has 2 saturated carbocycles. The Kier molecular flexibility index (Phi) is 55.5. The number of carbonyl (C=O) groups is 14. The summed E-state index contributed by atoms with van der Waals surface area (Å²) in [6, 6.07) is 11.5. The van der Waals surface area contributed by atoms with E-state index in [4.69, 9.17) is 78.0 Å². The molecule has 0 heterocycles. The Balaban J connectivity index is 0. The van der Waals surface area contributed by atoms with E-state index in [1.54, 1.807) is 41.5 Å². The molecule has 0 spiro atoms. The number of esters is 10. The zero-order valence-electron chi connectivity index (χ0n) is 69.3. The lowest BCUT2D eigenvalue weighted by molar-refractivity contribution is -0.164. The average molecular weight is 1610 g/mol. The highest BCUT2D eigenvalue weighted by Gasteiger charge is 2.39. The van der Waals surface area contributed by atoms with Crippen LogP contribution < -0.4 is 0 Å². The molecule has 2 aromatic rings. The summed E-state index contributed by atoms with van der Waals surface area (Å²) in [6.07, 6.45) is 14.5. The van der Waals surface area contributed by atoms with E-state index in [1.807, 2.05) is 62.3 Å². The van der Waals surface area contributed by atoms with E-state index in [2.05, 4.69) is 0 Å². The summed E-state index contributed by atoms with van der Waals surface area (Å²) in [4.78, 5) is 159. The van der Waals surface area contributed by atoms with Gasteiger partial charge in [0.05, 0.1) is 82.0 Å². The number of hydrogen-bond acceptors (Lipinski definition) is 26. The molecule has 2 aromatic carbocycles. The van der Waals surface area contributed by atoms with Crippen LogP contribution in [-0.2, 0) is 105 Å². The van der Waals surface area contributed by atoms with Crippen LogP contribution in [0.5, 0.6) is 11.5 Å². The molecule has 0 saturated heterocycles. The lowest BCUT2D eigenvalue weighted by Gasteiger charge is -2.26. The summed E-state index contributed by atoms with van der Waals surface area (Å²) in [7, 11) is 0. The van der Waals surface area contributed by atoms with E-state index < -0.39 is 87.7 Å². The second-order valence-electron chi connectivity index (χ2n) is 29.3. The molecule has 0 bridgehead atoms. The van der Waals surface area contributed by atoms with Crippen LogP contribution in [0.3, 0.4) is 0 Å². The molecule has 30 nitrogen and oxygen atoms in total. The maximum absolute atomic E-state index is 12.0. The first-order chi connectivity index (χ1) is 53.1. The number of aliphatic carboxylic acids is 4. The van der Waals surface area contributed by atoms with Gasteiger partial charge in [0.25, 0.3) is 0 Å². The van der Waals surface area contributed by atoms with Crippen LogP contribution in [0.2, 0.25) is 0 Å². The Morgan fingerprint density at radius 3 is 0.858 bits per heavy atom. The van der Waals surface area contributed by atoms with Gasteiger partial charge in [-0.25, -0.2) is 9.59 Å². The lowest BCUT2D eigenvalue weighted by atomic mass is 9.79. The van der Waals surface area contributed by atoms with Gasteiger partial charge in [-0.15, -0.1) is 0 Å². The highest BCUT2D eigenvalue weighted by molar-refractivity contribution is 5.90. The fourth-order valence-electron chi connectivity index (χ4n) is 9.49. The third-order valence-electron chi connectivity index (χ3n) is 19.1. The van der Waals surface area contributed by atoms with Gasteiger partial charge >= 0.3 is 83.6 Å². The third-order valence-corrected chi connectivity index (χ3v) is 19.1. The fourth-order valence-corrected chi connectivity index (χ4v) is 9.49. The van der Waals surface area contributed by atoms with Gasteiger partial charge in [-0.05, 0) is 193 Å². The number of phenols is 2. The Morgan fingerprint density at radius 2 is 0.584 bits per heavy atom. The standard InChI is InChI=1S/C16H26O6.C15H24O6.C15H20O5.C14H18O5.C12H22O4.C11H20O4/c1-4-16(2,3)15(20)22-10-9-21-14(19)12-8-6-5-7-11(12)13(17)18;1-3-10(2)14(18)20-8-9-21-15(19)12-7-5-4-6-11(12)13(16)17;1-4-15(2,3)14(18)20-10-9-19-13(17)11-5-7-12(16)8-6-11;1-3-10(2)13(16)18-8-9-19-14(17)11-4-6-12(15)7-5-11;1-4-12(2,3)11(15)16-9-7-5-6-8-10(13)14;1-3-9(2)11(14)15-8-6-4-5-7-10(12)13/h11-12H,4-10H2,1-3H3,(H,17,18);10-12H,3-9H2,1-2H3,(H,16,17);5-8,16H,4,9-10H2,1-3H3;4-7,10,15H,3,8-9H2,1-2H3;4-9H2,1-3H3,(H,13,14);9H,3-8H2,1-2H3,(H,12,13). The number of ether oxygens (including phenoxy) is 10. The van der Waals surface area contributed by atoms with Crippen molar-refractivity contribution in [3.63, 3.8) is 0 Å². The van der Waals surface area contributed by atoms with Gasteiger partial charge in [0.15, 0.2) is 0 Å². The number of rotatable bonds is 42. The molecule has 2 aliphatic carbocycles. The number of aromatic hydroxyl groups is 2. The zero-order valence-corrected chi connectivity index (χ0v) is 69.3. The molecule has 0 amide bonds. The number of hydrogen-bond donors (Lipinski definition) is 6. The summed E-state index contributed by atoms with van der Waals surface area (Å²) in [6.45, 7) is 28.7. The normalized spacial score (nSPS) is 15.7. The Bertz CT molecular complexity index is 3170. The second-order valence-corrected chi connectivity index (χ2v) is 29.3. The number of carboxylic acids is 4. The summed E-state index contributed by atoms with van der Waals surface area (Å²) in [5, 5.41) is 53.2. The van der Waals surface area contributed by atoms with Crippen molar-refractivity contribution in [3.05, 3.63) is 59.7 Å². The molecule has 4 rings (SSSR count). The quantitative estimate of drug-likeness (QED) is 0.0204. The van der Waals surface area contributed by atoms with Crippen LogP contribution in [0.4, 0.5) is 0 Å². The predicted octanol–water partition coefficient (Wildman–Crippen LogP) is 13.9. The Labute approximate surface area is 666 Å². The van der Waals surface area contributed by atoms with Crippen LogP contribution in [-0.4, -0.2) is 180 Å². The van der Waals surface area contributed by atoms with Crippen LogP contribution in [0.1, 0.15) is 266 Å². The van der Waals surface area contributed by atoms with E-state index in [1.165, 1.54) is 48.5 Å². The van der Waals surface area contributed by atoms with Gasteiger partial charge in [0.2, 0.25) is 0 Å². The van der Waals surface area contributed by atoms with Crippen LogP contribution in [0, 0.1) is 57.7 Å². The molecule has 6 N–H and O–H groups in total. The van der Waals surface area contributed by atoms with E-state index >= 15 is 0 Å². The van der Waals surface area contributed by atoms with Crippen molar-refractivity contribution in [1.82, 2.24) is 0 Å². The van der Waals surface area contributed by atoms with Gasteiger partial charge in [0, 0.05) is 12.8 Å². The van der Waals surface area contributed by atoms with E-state index in [9.17, 15) is 67.1 Å². The number of benzene rings is 2. The topological polar surface area (TPSA) is 453 Å². The van der Waals surface area contributed by atoms with Crippen molar-refractivity contribution in [3.8, 4) is 11.5 Å². The molecular formula is C83H130O30. The van der Waals surface area contributed by atoms with Crippen LogP contribution in [0.15, 0.2) is 48.5 Å². The first kappa shape index (κ1) is 106. The average Bonchev–Trinajstić information content (AvgIpc) is 0.855. The summed E-state index contributed by atoms with van der Waals surface area (Å²) in [5.41, 5.74) is -0.821. The van der Waals surface area contributed by atoms with Gasteiger partial charge in [-0.3, -0.25) is 57.5 Å². The maximum atomic E-state index is 12.0. The molecule has 0 radical (unpaired) electrons. The molecule has 0 aliphatic heterocycles. The molecule has 7 atom stereocenters. The van der Waals surface area contributed by atoms with E-state index in [0.717, 1.165) is 64.2 Å². The van der Waals surface area contributed by atoms with Gasteiger partial charge < -0.3 is 78.0 Å². The molecule has 642 valence electrons. The minimum absolute atomic E-state index is 0.00153. The van der Waals surface area contributed by atoms with Crippen LogP contribution >= 0.6 is 0 Å². The number of unbranched alkanes of at least 4 members (excludes halogenated alkanes) is 4. The van der Waals surface area contributed by atoms with Gasteiger partial charge in [0.1, 0.15) is 64.4 Å². The van der Waals surface area contributed by atoms with Crippen molar-refractivity contribution < 1.29 is 145 Å². The SMILES string of the molecule is CCC(C)(C)C(=O)OCCCCCC(=O)O.CCC(C)(C)C(=O)OCCOC(=O)C1CCCCC1C(=O)O.CCC(C)(C)C(=O)OCCOC(=O)c1ccc(O)cc1.CCC(C)C(=O)OCCCCCC(=O)O.CCC(C)C(=O)OCCOC(=O)C1CCCCC1C(=O)O.CCC(C)C(=O)OCCOC(=O)c1ccc(O)cc1. The molecular weight excluding hydrogens is 1480 g/mol. The van der Waals surface area contributed by atoms with Gasteiger partial charge in [-0.1, -0.05) is 88.0 Å². The number of phenolic OH excluding ortho intramolecular Hbond substituents is 2. The minimum Gasteiger partial charge on any atom is -0.508 e. The predicted molar refractivity (Wildman–Crippen MR) is 413 cm³/mol. The number of carboxylic acid groups (broad SMARTS) is 4. The number of carbonyl (C=O) groups excluding carboxylic acids is 10. The van der Waals surface area contributed by atoms with Crippen molar-refractivity contribution in [2.75, 3.05) is 66.1 Å². The monoisotopic (exact) mass is 1610 g/mol. The molecule has 0 aromatic heterocycles. The van der Waals surface area contributed by atoms with Crippen LogP contribution in [0.25, 0.3) is 0 Å². The van der Waals surface area contributed by atoms with Crippen molar-refractivity contribution in [1.29, 1.82) is 0 Å². The molecule has 113 heavy (non-hydrogen) atoms. The summed E-state index contributed by atoms with van der Waals surface area (Å²) >= 11 is 0. The maximum Gasteiger partial charge on any atom is 0.338 e. The molecule has 2 fully saturated rings. The molecule has 2 aliphatic rings. The molecule has 7 unspecified atom stereocenters. The largest absolute Gasteiger partial charge is 0.508 e. The fraction of sp³-hybridized carbons (Fsp3) is 0.687. The lowest BCUT2D eigenvalue weighted by Crippen LogP contribution is -2.34. The highest BCUT2D eigenvalue weighted by Crippen LogP contribution is 2.33. The van der Waals surface area contributed by atoms with E-state index in [0.29, 0.717) is 88.5 Å². The Hall–Kier alpha value is -9.38.